The minimum absolute atomic E-state index is 0.124. The van der Waals surface area contributed by atoms with Crippen molar-refractivity contribution in [3.8, 4) is 0 Å². The lowest BCUT2D eigenvalue weighted by Gasteiger charge is -2.05. The van der Waals surface area contributed by atoms with Crippen molar-refractivity contribution in [3.05, 3.63) is 68.6 Å². The summed E-state index contributed by atoms with van der Waals surface area (Å²) >= 11 is 1.18. The van der Waals surface area contributed by atoms with E-state index in [4.69, 9.17) is 10.7 Å². The molecule has 1 amide bonds. The number of amides is 1. The first-order chi connectivity index (χ1) is 13.4. The Morgan fingerprint density at radius 1 is 1.14 bits per heavy atom. The van der Waals surface area contributed by atoms with Crippen molar-refractivity contribution in [2.24, 2.45) is 0 Å². The highest BCUT2D eigenvalue weighted by Crippen LogP contribution is 2.36. The van der Waals surface area contributed by atoms with Crippen LogP contribution in [0.1, 0.15) is 20.8 Å². The number of nitrogens with zero attached hydrogens (tertiary/aromatic N) is 2. The van der Waals surface area contributed by atoms with E-state index in [0.29, 0.717) is 15.9 Å². The van der Waals surface area contributed by atoms with Gasteiger partial charge in [-0.2, -0.15) is 0 Å². The van der Waals surface area contributed by atoms with Crippen molar-refractivity contribution < 1.29 is 9.72 Å². The smallest absolute Gasteiger partial charge is 0.292 e. The molecule has 0 saturated heterocycles. The van der Waals surface area contributed by atoms with Crippen LogP contribution < -0.4 is 11.1 Å². The minimum atomic E-state index is -0.538. The van der Waals surface area contributed by atoms with Crippen molar-refractivity contribution in [1.82, 2.24) is 4.98 Å². The van der Waals surface area contributed by atoms with Gasteiger partial charge in [-0.05, 0) is 37.1 Å². The molecule has 2 aromatic carbocycles. The molecule has 7 nitrogen and oxygen atoms in total. The van der Waals surface area contributed by atoms with E-state index in [0.717, 1.165) is 22.0 Å². The van der Waals surface area contributed by atoms with Crippen LogP contribution in [0.15, 0.2) is 42.5 Å². The first kappa shape index (κ1) is 17.9. The van der Waals surface area contributed by atoms with E-state index in [1.54, 1.807) is 12.1 Å². The number of carbonyl (C=O) groups is 1. The number of hydrogen-bond donors (Lipinski definition) is 2. The number of nitrogens with two attached hydrogens (primary N) is 1. The van der Waals surface area contributed by atoms with Crippen molar-refractivity contribution in [2.75, 3.05) is 11.1 Å². The summed E-state index contributed by atoms with van der Waals surface area (Å²) in [5.74, 6) is -0.493. The van der Waals surface area contributed by atoms with Gasteiger partial charge in [-0.1, -0.05) is 24.3 Å². The molecule has 28 heavy (non-hydrogen) atoms. The normalized spacial score (nSPS) is 11.1. The number of thiophene rings is 1. The van der Waals surface area contributed by atoms with Crippen LogP contribution >= 0.6 is 11.3 Å². The van der Waals surface area contributed by atoms with Gasteiger partial charge in [0.1, 0.15) is 15.4 Å². The van der Waals surface area contributed by atoms with Gasteiger partial charge < -0.3 is 11.1 Å². The van der Waals surface area contributed by atoms with Gasteiger partial charge in [-0.3, -0.25) is 14.9 Å². The van der Waals surface area contributed by atoms with Crippen LogP contribution in [0, 0.1) is 24.0 Å². The zero-order valence-corrected chi connectivity index (χ0v) is 16.0. The van der Waals surface area contributed by atoms with Gasteiger partial charge in [0.2, 0.25) is 0 Å². The Balaban J connectivity index is 1.81. The van der Waals surface area contributed by atoms with Gasteiger partial charge in [0.05, 0.1) is 16.1 Å². The number of para-hydroxylation sites is 2. The van der Waals surface area contributed by atoms with Crippen LogP contribution in [0.2, 0.25) is 0 Å². The molecule has 0 aliphatic carbocycles. The summed E-state index contributed by atoms with van der Waals surface area (Å²) in [5.41, 5.74) is 9.51. The number of nitrogens with one attached hydrogen (secondary N) is 1. The lowest BCUT2D eigenvalue weighted by Crippen LogP contribution is -2.13. The predicted octanol–water partition coefficient (Wildman–Crippen LogP) is 4.81. The number of aryl methyl sites for hydroxylation is 2. The first-order valence-corrected chi connectivity index (χ1v) is 9.32. The summed E-state index contributed by atoms with van der Waals surface area (Å²) in [6, 6.07) is 12.0. The zero-order chi connectivity index (χ0) is 20.0. The number of nitro benzene ring substituents is 1. The molecule has 4 rings (SSSR count). The van der Waals surface area contributed by atoms with Crippen LogP contribution in [0.25, 0.3) is 21.1 Å². The van der Waals surface area contributed by atoms with Crippen molar-refractivity contribution in [1.29, 1.82) is 0 Å². The van der Waals surface area contributed by atoms with Gasteiger partial charge in [-0.25, -0.2) is 4.98 Å². The number of fused-ring (bicyclic) bond motifs is 2. The number of rotatable bonds is 3. The third-order valence-corrected chi connectivity index (χ3v) is 5.77. The minimum Gasteiger partial charge on any atom is -0.397 e. The highest BCUT2D eigenvalue weighted by Gasteiger charge is 2.21. The average Bonchev–Trinajstić information content (AvgIpc) is 3.00. The van der Waals surface area contributed by atoms with Crippen LogP contribution in [-0.4, -0.2) is 15.8 Å². The number of aromatic nitrogens is 1. The third-order valence-electron chi connectivity index (χ3n) is 4.66. The highest BCUT2D eigenvalue weighted by atomic mass is 32.1. The second kappa shape index (κ2) is 6.58. The van der Waals surface area contributed by atoms with Crippen LogP contribution in [0.3, 0.4) is 0 Å². The summed E-state index contributed by atoms with van der Waals surface area (Å²) in [4.78, 5) is 29.1. The number of pyridine rings is 1. The Hall–Kier alpha value is -3.52. The lowest BCUT2D eigenvalue weighted by molar-refractivity contribution is -0.383. The summed E-state index contributed by atoms with van der Waals surface area (Å²) in [7, 11) is 0. The van der Waals surface area contributed by atoms with E-state index in [-0.39, 0.29) is 16.3 Å². The SMILES string of the molecule is Cc1ccc(C)c2nc3sc(C(=O)Nc4ccccc4[N+](=O)[O-])c(N)c3cc12. The molecule has 3 N–H and O–H groups in total. The molecule has 8 heteroatoms. The monoisotopic (exact) mass is 392 g/mol. The van der Waals surface area contributed by atoms with E-state index in [2.05, 4.69) is 5.32 Å². The Labute approximate surface area is 164 Å². The third kappa shape index (κ3) is 2.84. The molecule has 4 aromatic rings. The predicted molar refractivity (Wildman–Crippen MR) is 112 cm³/mol. The summed E-state index contributed by atoms with van der Waals surface area (Å²) in [6.07, 6.45) is 0. The van der Waals surface area contributed by atoms with E-state index >= 15 is 0 Å². The quantitative estimate of drug-likeness (QED) is 0.384. The van der Waals surface area contributed by atoms with Gasteiger partial charge in [0.15, 0.2) is 0 Å². The average molecular weight is 392 g/mol. The molecular formula is C20H16N4O3S. The molecule has 0 saturated carbocycles. The Kier molecular flexibility index (Phi) is 4.20. The maximum absolute atomic E-state index is 12.8. The summed E-state index contributed by atoms with van der Waals surface area (Å²) in [5, 5.41) is 15.5. The Bertz CT molecular complexity index is 1280. The first-order valence-electron chi connectivity index (χ1n) is 8.50. The molecular weight excluding hydrogens is 376 g/mol. The lowest BCUT2D eigenvalue weighted by atomic mass is 10.0. The van der Waals surface area contributed by atoms with Gasteiger partial charge in [0.25, 0.3) is 11.6 Å². The molecule has 0 atom stereocenters. The van der Waals surface area contributed by atoms with Crippen molar-refractivity contribution >= 4 is 55.4 Å². The van der Waals surface area contributed by atoms with E-state index in [9.17, 15) is 14.9 Å². The van der Waals surface area contributed by atoms with Crippen LogP contribution in [0.5, 0.6) is 0 Å². The molecule has 0 unspecified atom stereocenters. The molecule has 0 fully saturated rings. The maximum Gasteiger partial charge on any atom is 0.292 e. The number of carbonyl (C=O) groups excluding carboxylic acids is 1. The second-order valence-electron chi connectivity index (χ2n) is 6.51. The molecule has 140 valence electrons. The fourth-order valence-electron chi connectivity index (χ4n) is 3.15. The molecule has 0 radical (unpaired) electrons. The standard InChI is InChI=1S/C20H16N4O3S/c1-10-7-8-11(2)17-12(10)9-13-16(21)18(28-20(13)23-17)19(25)22-14-5-3-4-6-15(14)24(26)27/h3-9H,21H2,1-2H3,(H,22,25). The molecule has 0 aliphatic heterocycles. The maximum atomic E-state index is 12.8. The van der Waals surface area contributed by atoms with Crippen LogP contribution in [-0.2, 0) is 0 Å². The molecule has 0 bridgehead atoms. The van der Waals surface area contributed by atoms with Gasteiger partial charge >= 0.3 is 0 Å². The topological polar surface area (TPSA) is 111 Å². The number of nitro groups is 1. The fraction of sp³-hybridized carbons (Fsp3) is 0.100. The van der Waals surface area contributed by atoms with E-state index < -0.39 is 10.8 Å². The number of anilines is 2. The fourth-order valence-corrected chi connectivity index (χ4v) is 4.12. The van der Waals surface area contributed by atoms with E-state index in [1.807, 2.05) is 32.0 Å². The van der Waals surface area contributed by atoms with Crippen LogP contribution in [0.4, 0.5) is 17.1 Å². The molecule has 0 spiro atoms. The van der Waals surface area contributed by atoms with Gasteiger partial charge in [0, 0.05) is 16.8 Å². The zero-order valence-electron chi connectivity index (χ0n) is 15.1. The highest BCUT2D eigenvalue weighted by molar-refractivity contribution is 7.21. The summed E-state index contributed by atoms with van der Waals surface area (Å²) in [6.45, 7) is 3.99. The molecule has 2 heterocycles. The molecule has 2 aromatic heterocycles. The Morgan fingerprint density at radius 3 is 2.61 bits per heavy atom. The Morgan fingerprint density at radius 2 is 1.86 bits per heavy atom. The summed E-state index contributed by atoms with van der Waals surface area (Å²) < 4.78 is 0. The van der Waals surface area contributed by atoms with Crippen molar-refractivity contribution in [3.63, 3.8) is 0 Å². The van der Waals surface area contributed by atoms with Gasteiger partial charge in [-0.15, -0.1) is 11.3 Å². The van der Waals surface area contributed by atoms with Crippen molar-refractivity contribution in [2.45, 2.75) is 13.8 Å². The largest absolute Gasteiger partial charge is 0.397 e. The number of nitrogen functional groups attached to an aromatic ring is 1. The van der Waals surface area contributed by atoms with E-state index in [1.165, 1.54) is 23.5 Å². The number of benzene rings is 2. The number of hydrogen-bond acceptors (Lipinski definition) is 6. The second-order valence-corrected chi connectivity index (χ2v) is 7.51. The molecule has 0 aliphatic rings.